The van der Waals surface area contributed by atoms with Crippen molar-refractivity contribution in [2.75, 3.05) is 6.54 Å². The summed E-state index contributed by atoms with van der Waals surface area (Å²) in [7, 11) is 0. The molecule has 0 radical (unpaired) electrons. The van der Waals surface area contributed by atoms with E-state index in [9.17, 15) is 4.79 Å². The largest absolute Gasteiger partial charge is 0.465 e. The lowest BCUT2D eigenvalue weighted by atomic mass is 10.2. The van der Waals surface area contributed by atoms with Gasteiger partial charge in [-0.2, -0.15) is 0 Å². The summed E-state index contributed by atoms with van der Waals surface area (Å²) in [5, 5.41) is 18.0. The van der Waals surface area contributed by atoms with E-state index in [2.05, 4.69) is 9.97 Å². The molecule has 1 aliphatic heterocycles. The Morgan fingerprint density at radius 3 is 3.12 bits per heavy atom. The number of aliphatic hydroxyl groups is 1. The van der Waals surface area contributed by atoms with Gasteiger partial charge in [0.05, 0.1) is 18.3 Å². The second kappa shape index (κ2) is 4.44. The summed E-state index contributed by atoms with van der Waals surface area (Å²) in [6.07, 6.45) is 2.16. The van der Waals surface area contributed by atoms with Gasteiger partial charge in [-0.1, -0.05) is 0 Å². The summed E-state index contributed by atoms with van der Waals surface area (Å²) < 4.78 is 0. The van der Waals surface area contributed by atoms with Crippen LogP contribution in [0, 0.1) is 0 Å². The molecule has 0 bridgehead atoms. The van der Waals surface area contributed by atoms with Crippen LogP contribution in [0.1, 0.15) is 30.4 Å². The number of hydrogen-bond acceptors (Lipinski definition) is 4. The number of amides is 1. The van der Waals surface area contributed by atoms with Crippen LogP contribution in [0.4, 0.5) is 4.79 Å². The highest BCUT2D eigenvalue weighted by atomic mass is 16.4. The smallest absolute Gasteiger partial charge is 0.407 e. The van der Waals surface area contributed by atoms with Crippen molar-refractivity contribution in [1.29, 1.82) is 0 Å². The van der Waals surface area contributed by atoms with Crippen molar-refractivity contribution in [2.24, 2.45) is 0 Å². The van der Waals surface area contributed by atoms with E-state index >= 15 is 0 Å². The maximum Gasteiger partial charge on any atom is 0.407 e. The number of rotatable bonds is 2. The molecule has 86 valence electrons. The zero-order valence-corrected chi connectivity index (χ0v) is 8.70. The minimum atomic E-state index is -0.944. The summed E-state index contributed by atoms with van der Waals surface area (Å²) in [5.41, 5.74) is 0.516. The Balaban J connectivity index is 2.25. The number of aliphatic hydroxyl groups excluding tert-OH is 1. The van der Waals surface area contributed by atoms with Crippen molar-refractivity contribution in [2.45, 2.75) is 25.5 Å². The first-order valence-electron chi connectivity index (χ1n) is 5.14. The molecule has 0 unspecified atom stereocenters. The Bertz CT molecular complexity index is 397. The van der Waals surface area contributed by atoms with Crippen LogP contribution in [0.2, 0.25) is 0 Å². The highest BCUT2D eigenvalue weighted by molar-refractivity contribution is 5.66. The summed E-state index contributed by atoms with van der Waals surface area (Å²) in [4.78, 5) is 20.5. The average Bonchev–Trinajstić information content (AvgIpc) is 2.78. The van der Waals surface area contributed by atoms with Crippen molar-refractivity contribution in [3.63, 3.8) is 0 Å². The molecular weight excluding hydrogens is 210 g/mol. The van der Waals surface area contributed by atoms with Crippen LogP contribution in [0.25, 0.3) is 0 Å². The summed E-state index contributed by atoms with van der Waals surface area (Å²) in [6.45, 7) is 0.363. The Labute approximate surface area is 92.6 Å². The van der Waals surface area contributed by atoms with E-state index in [0.717, 1.165) is 12.8 Å². The molecule has 1 aromatic rings. The van der Waals surface area contributed by atoms with E-state index in [4.69, 9.17) is 10.2 Å². The second-order valence-corrected chi connectivity index (χ2v) is 3.70. The number of aromatic nitrogens is 2. The average molecular weight is 223 g/mol. The molecule has 1 aromatic heterocycles. The molecule has 0 aromatic carbocycles. The fourth-order valence-corrected chi connectivity index (χ4v) is 1.93. The summed E-state index contributed by atoms with van der Waals surface area (Å²) in [5.74, 6) is 0.478. The minimum Gasteiger partial charge on any atom is -0.465 e. The molecule has 16 heavy (non-hydrogen) atoms. The molecule has 0 spiro atoms. The first-order chi connectivity index (χ1) is 7.72. The third kappa shape index (κ3) is 1.96. The lowest BCUT2D eigenvalue weighted by molar-refractivity contribution is 0.138. The van der Waals surface area contributed by atoms with Crippen molar-refractivity contribution in [3.8, 4) is 0 Å². The van der Waals surface area contributed by atoms with Gasteiger partial charge < -0.3 is 10.2 Å². The minimum absolute atomic E-state index is 0.157. The molecule has 1 fully saturated rings. The molecular formula is C10H13N3O3. The SMILES string of the molecule is O=C(O)N1CCC[C@H]1c1nccc(CO)n1. The van der Waals surface area contributed by atoms with E-state index in [1.807, 2.05) is 0 Å². The number of hydrogen-bond donors (Lipinski definition) is 2. The summed E-state index contributed by atoms with van der Waals surface area (Å²) in [6, 6.07) is 1.34. The van der Waals surface area contributed by atoms with E-state index in [0.29, 0.717) is 18.1 Å². The molecule has 1 atom stereocenters. The fraction of sp³-hybridized carbons (Fsp3) is 0.500. The molecule has 2 heterocycles. The molecule has 1 amide bonds. The maximum absolute atomic E-state index is 11.0. The Morgan fingerprint density at radius 1 is 1.62 bits per heavy atom. The number of carbonyl (C=O) groups is 1. The van der Waals surface area contributed by atoms with E-state index in [1.54, 1.807) is 12.3 Å². The predicted octanol–water partition coefficient (Wildman–Crippen LogP) is 0.784. The van der Waals surface area contributed by atoms with Gasteiger partial charge in [0.1, 0.15) is 0 Å². The molecule has 6 heteroatoms. The summed E-state index contributed by atoms with van der Waals surface area (Å²) >= 11 is 0. The lowest BCUT2D eigenvalue weighted by Gasteiger charge is -2.20. The maximum atomic E-state index is 11.0. The van der Waals surface area contributed by atoms with Gasteiger partial charge in [0.25, 0.3) is 0 Å². The first-order valence-corrected chi connectivity index (χ1v) is 5.14. The van der Waals surface area contributed by atoms with Crippen LogP contribution < -0.4 is 0 Å². The van der Waals surface area contributed by atoms with Crippen molar-refractivity contribution in [1.82, 2.24) is 14.9 Å². The van der Waals surface area contributed by atoms with Gasteiger partial charge in [0.2, 0.25) is 0 Å². The van der Waals surface area contributed by atoms with Gasteiger partial charge in [-0.05, 0) is 18.9 Å². The monoisotopic (exact) mass is 223 g/mol. The van der Waals surface area contributed by atoms with Crippen LogP contribution in [0.3, 0.4) is 0 Å². The number of nitrogens with zero attached hydrogens (tertiary/aromatic N) is 3. The van der Waals surface area contributed by atoms with Gasteiger partial charge in [0, 0.05) is 12.7 Å². The highest BCUT2D eigenvalue weighted by Crippen LogP contribution is 2.29. The normalized spacial score (nSPS) is 20.1. The van der Waals surface area contributed by atoms with E-state index in [-0.39, 0.29) is 12.6 Å². The molecule has 1 saturated heterocycles. The predicted molar refractivity (Wildman–Crippen MR) is 54.7 cm³/mol. The van der Waals surface area contributed by atoms with Gasteiger partial charge in [-0.25, -0.2) is 14.8 Å². The van der Waals surface area contributed by atoms with Crippen LogP contribution in [0.15, 0.2) is 12.3 Å². The van der Waals surface area contributed by atoms with Gasteiger partial charge in [-0.15, -0.1) is 0 Å². The van der Waals surface area contributed by atoms with Crippen LogP contribution in [0.5, 0.6) is 0 Å². The van der Waals surface area contributed by atoms with Crippen molar-refractivity contribution in [3.05, 3.63) is 23.8 Å². The zero-order chi connectivity index (χ0) is 11.5. The Morgan fingerprint density at radius 2 is 2.44 bits per heavy atom. The van der Waals surface area contributed by atoms with E-state index in [1.165, 1.54) is 4.90 Å². The standard InChI is InChI=1S/C10H13N3O3/c14-6-7-3-4-11-9(12-7)8-2-1-5-13(8)10(15)16/h3-4,8,14H,1-2,5-6H2,(H,15,16)/t8-/m0/s1. The molecule has 6 nitrogen and oxygen atoms in total. The van der Waals surface area contributed by atoms with Gasteiger partial charge >= 0.3 is 6.09 Å². The second-order valence-electron chi connectivity index (χ2n) is 3.70. The van der Waals surface area contributed by atoms with Gasteiger partial charge in [-0.3, -0.25) is 4.90 Å². The number of likely N-dealkylation sites (tertiary alicyclic amines) is 1. The molecule has 0 saturated carbocycles. The lowest BCUT2D eigenvalue weighted by Crippen LogP contribution is -2.29. The third-order valence-corrected chi connectivity index (χ3v) is 2.69. The zero-order valence-electron chi connectivity index (χ0n) is 8.70. The van der Waals surface area contributed by atoms with Crippen LogP contribution >= 0.6 is 0 Å². The Kier molecular flexibility index (Phi) is 3.00. The molecule has 2 rings (SSSR count). The topological polar surface area (TPSA) is 86.5 Å². The van der Waals surface area contributed by atoms with Crippen LogP contribution in [-0.2, 0) is 6.61 Å². The van der Waals surface area contributed by atoms with Crippen molar-refractivity contribution >= 4 is 6.09 Å². The molecule has 0 aliphatic carbocycles. The van der Waals surface area contributed by atoms with E-state index < -0.39 is 6.09 Å². The van der Waals surface area contributed by atoms with Crippen LogP contribution in [-0.4, -0.2) is 37.7 Å². The quantitative estimate of drug-likeness (QED) is 0.773. The Hall–Kier alpha value is -1.69. The van der Waals surface area contributed by atoms with Crippen molar-refractivity contribution < 1.29 is 15.0 Å². The molecule has 1 aliphatic rings. The number of carboxylic acid groups (broad SMARTS) is 1. The highest BCUT2D eigenvalue weighted by Gasteiger charge is 2.31. The van der Waals surface area contributed by atoms with Gasteiger partial charge in [0.15, 0.2) is 5.82 Å². The first kappa shape index (κ1) is 10.8. The fourth-order valence-electron chi connectivity index (χ4n) is 1.93. The molecule has 2 N–H and O–H groups in total. The third-order valence-electron chi connectivity index (χ3n) is 2.69.